The molecule has 1 heteroatoms. The van der Waals surface area contributed by atoms with E-state index >= 15 is 0 Å². The Bertz CT molecular complexity index is 264. The van der Waals surface area contributed by atoms with E-state index in [1.165, 1.54) is 5.56 Å². The van der Waals surface area contributed by atoms with Crippen molar-refractivity contribution in [3.8, 4) is 0 Å². The Morgan fingerprint density at radius 3 is 2.33 bits per heavy atom. The second kappa shape index (κ2) is 3.10. The molecule has 64 valence electrons. The minimum Gasteiger partial charge on any atom is -0.257 e. The standard InChI is InChI=1S/C11H15N/c1-5-10-7-6-9(8-12-10)11(2,3)4/h5-8H,1H2,2-4H3. The first-order valence-electron chi connectivity index (χ1n) is 4.13. The van der Waals surface area contributed by atoms with Crippen LogP contribution < -0.4 is 0 Å². The normalized spacial score (nSPS) is 11.2. The number of hydrogen-bond acceptors (Lipinski definition) is 1. The number of rotatable bonds is 1. The summed E-state index contributed by atoms with van der Waals surface area (Å²) in [6.07, 6.45) is 3.67. The third-order valence-corrected chi connectivity index (χ3v) is 1.86. The molecule has 0 saturated heterocycles. The maximum atomic E-state index is 4.25. The summed E-state index contributed by atoms with van der Waals surface area (Å²) in [5.74, 6) is 0. The summed E-state index contributed by atoms with van der Waals surface area (Å²) in [5, 5.41) is 0. The number of pyridine rings is 1. The summed E-state index contributed by atoms with van der Waals surface area (Å²) >= 11 is 0. The first-order chi connectivity index (χ1) is 5.54. The van der Waals surface area contributed by atoms with Crippen LogP contribution in [0, 0.1) is 0 Å². The van der Waals surface area contributed by atoms with Gasteiger partial charge in [0.1, 0.15) is 0 Å². The van der Waals surface area contributed by atoms with Gasteiger partial charge in [-0.2, -0.15) is 0 Å². The van der Waals surface area contributed by atoms with Gasteiger partial charge in [-0.25, -0.2) is 0 Å². The predicted molar refractivity (Wildman–Crippen MR) is 53.0 cm³/mol. The Hall–Kier alpha value is -1.11. The maximum absolute atomic E-state index is 4.25. The van der Waals surface area contributed by atoms with Crippen LogP contribution in [0.4, 0.5) is 0 Å². The molecule has 1 aromatic heterocycles. The third-order valence-electron chi connectivity index (χ3n) is 1.86. The van der Waals surface area contributed by atoms with E-state index in [1.54, 1.807) is 6.08 Å². The molecule has 0 fully saturated rings. The van der Waals surface area contributed by atoms with Crippen LogP contribution in [-0.2, 0) is 5.41 Å². The molecule has 1 heterocycles. The number of hydrogen-bond donors (Lipinski definition) is 0. The molecule has 12 heavy (non-hydrogen) atoms. The van der Waals surface area contributed by atoms with E-state index in [-0.39, 0.29) is 5.41 Å². The zero-order chi connectivity index (χ0) is 9.19. The Morgan fingerprint density at radius 2 is 2.00 bits per heavy atom. The topological polar surface area (TPSA) is 12.9 Å². The van der Waals surface area contributed by atoms with Crippen LogP contribution in [0.1, 0.15) is 32.0 Å². The molecule has 0 radical (unpaired) electrons. The summed E-state index contributed by atoms with van der Waals surface area (Å²) in [4.78, 5) is 4.25. The first-order valence-corrected chi connectivity index (χ1v) is 4.13. The minimum atomic E-state index is 0.187. The first kappa shape index (κ1) is 8.98. The van der Waals surface area contributed by atoms with Crippen molar-refractivity contribution < 1.29 is 0 Å². The predicted octanol–water partition coefficient (Wildman–Crippen LogP) is 3.02. The second-order valence-corrected chi connectivity index (χ2v) is 3.93. The number of nitrogens with zero attached hydrogens (tertiary/aromatic N) is 1. The smallest absolute Gasteiger partial charge is 0.0623 e. The van der Waals surface area contributed by atoms with Gasteiger partial charge in [-0.15, -0.1) is 0 Å². The van der Waals surface area contributed by atoms with E-state index in [1.807, 2.05) is 12.3 Å². The van der Waals surface area contributed by atoms with Crippen molar-refractivity contribution in [2.75, 3.05) is 0 Å². The van der Waals surface area contributed by atoms with E-state index in [0.29, 0.717) is 0 Å². The Labute approximate surface area is 74.2 Å². The summed E-state index contributed by atoms with van der Waals surface area (Å²) < 4.78 is 0. The lowest BCUT2D eigenvalue weighted by Crippen LogP contribution is -2.11. The molecule has 0 N–H and O–H groups in total. The van der Waals surface area contributed by atoms with Crippen LogP contribution in [0.25, 0.3) is 6.08 Å². The van der Waals surface area contributed by atoms with Crippen molar-refractivity contribution in [3.63, 3.8) is 0 Å². The largest absolute Gasteiger partial charge is 0.257 e. The van der Waals surface area contributed by atoms with Crippen LogP contribution in [0.5, 0.6) is 0 Å². The maximum Gasteiger partial charge on any atom is 0.0623 e. The van der Waals surface area contributed by atoms with E-state index in [4.69, 9.17) is 0 Å². The molecule has 1 rings (SSSR count). The van der Waals surface area contributed by atoms with Gasteiger partial charge in [0.2, 0.25) is 0 Å². The van der Waals surface area contributed by atoms with E-state index in [0.717, 1.165) is 5.69 Å². The van der Waals surface area contributed by atoms with Gasteiger partial charge in [0.05, 0.1) is 5.69 Å². The number of aromatic nitrogens is 1. The highest BCUT2D eigenvalue weighted by Crippen LogP contribution is 2.20. The molecular formula is C11H15N. The fourth-order valence-corrected chi connectivity index (χ4v) is 0.970. The van der Waals surface area contributed by atoms with Gasteiger partial charge in [-0.3, -0.25) is 4.98 Å². The van der Waals surface area contributed by atoms with Gasteiger partial charge in [-0.05, 0) is 23.1 Å². The molecule has 0 saturated carbocycles. The van der Waals surface area contributed by atoms with Gasteiger partial charge < -0.3 is 0 Å². The van der Waals surface area contributed by atoms with Crippen molar-refractivity contribution in [3.05, 3.63) is 36.2 Å². The summed E-state index contributed by atoms with van der Waals surface area (Å²) in [5.41, 5.74) is 2.38. The van der Waals surface area contributed by atoms with Crippen molar-refractivity contribution in [2.24, 2.45) is 0 Å². The molecule has 0 aromatic carbocycles. The molecule has 1 nitrogen and oxygen atoms in total. The molecule has 1 aromatic rings. The fraction of sp³-hybridized carbons (Fsp3) is 0.364. The lowest BCUT2D eigenvalue weighted by molar-refractivity contribution is 0.587. The Balaban J connectivity index is 3.00. The lowest BCUT2D eigenvalue weighted by atomic mass is 9.88. The summed E-state index contributed by atoms with van der Waals surface area (Å²) in [6.45, 7) is 10.2. The average Bonchev–Trinajstić information content (AvgIpc) is 2.03. The van der Waals surface area contributed by atoms with E-state index in [2.05, 4.69) is 38.4 Å². The summed E-state index contributed by atoms with van der Waals surface area (Å²) in [6, 6.07) is 4.09. The molecule has 0 amide bonds. The van der Waals surface area contributed by atoms with Crippen molar-refractivity contribution in [1.82, 2.24) is 4.98 Å². The van der Waals surface area contributed by atoms with Crippen molar-refractivity contribution in [2.45, 2.75) is 26.2 Å². The highest BCUT2D eigenvalue weighted by atomic mass is 14.7. The van der Waals surface area contributed by atoms with Crippen LogP contribution in [0.2, 0.25) is 0 Å². The van der Waals surface area contributed by atoms with Crippen LogP contribution in [0.3, 0.4) is 0 Å². The third kappa shape index (κ3) is 1.94. The zero-order valence-corrected chi connectivity index (χ0v) is 7.96. The average molecular weight is 161 g/mol. The molecule has 0 spiro atoms. The van der Waals surface area contributed by atoms with Gasteiger partial charge >= 0.3 is 0 Å². The second-order valence-electron chi connectivity index (χ2n) is 3.93. The Kier molecular flexibility index (Phi) is 2.32. The molecule has 0 aliphatic rings. The molecule has 0 atom stereocenters. The van der Waals surface area contributed by atoms with Crippen LogP contribution in [0.15, 0.2) is 24.9 Å². The quantitative estimate of drug-likeness (QED) is 0.617. The van der Waals surface area contributed by atoms with Crippen LogP contribution in [-0.4, -0.2) is 4.98 Å². The Morgan fingerprint density at radius 1 is 1.33 bits per heavy atom. The highest BCUT2D eigenvalue weighted by Gasteiger charge is 2.12. The SMILES string of the molecule is C=Cc1ccc(C(C)(C)C)cn1. The van der Waals surface area contributed by atoms with E-state index in [9.17, 15) is 0 Å². The lowest BCUT2D eigenvalue weighted by Gasteiger charge is -2.17. The van der Waals surface area contributed by atoms with E-state index < -0.39 is 0 Å². The molecular weight excluding hydrogens is 146 g/mol. The molecule has 0 aliphatic heterocycles. The van der Waals surface area contributed by atoms with Crippen molar-refractivity contribution >= 4 is 6.08 Å². The molecule has 0 aliphatic carbocycles. The van der Waals surface area contributed by atoms with Gasteiger partial charge in [-0.1, -0.05) is 33.4 Å². The van der Waals surface area contributed by atoms with Crippen LogP contribution >= 0.6 is 0 Å². The fourth-order valence-electron chi connectivity index (χ4n) is 0.970. The zero-order valence-electron chi connectivity index (χ0n) is 7.96. The monoisotopic (exact) mass is 161 g/mol. The van der Waals surface area contributed by atoms with Gasteiger partial charge in [0.15, 0.2) is 0 Å². The van der Waals surface area contributed by atoms with Gasteiger partial charge in [0, 0.05) is 6.20 Å². The molecule has 0 bridgehead atoms. The van der Waals surface area contributed by atoms with Crippen molar-refractivity contribution in [1.29, 1.82) is 0 Å². The highest BCUT2D eigenvalue weighted by molar-refractivity contribution is 5.41. The summed E-state index contributed by atoms with van der Waals surface area (Å²) in [7, 11) is 0. The minimum absolute atomic E-state index is 0.187. The molecule has 0 unspecified atom stereocenters. The van der Waals surface area contributed by atoms with Gasteiger partial charge in [0.25, 0.3) is 0 Å².